The molecule has 1 aliphatic heterocycles. The van der Waals surface area contributed by atoms with Crippen molar-refractivity contribution >= 4 is 11.9 Å². The minimum absolute atomic E-state index is 0.00766. The maximum atomic E-state index is 11.9. The maximum absolute atomic E-state index is 11.9. The summed E-state index contributed by atoms with van der Waals surface area (Å²) in [6.45, 7) is 8.44. The summed E-state index contributed by atoms with van der Waals surface area (Å²) < 4.78 is 5.04. The van der Waals surface area contributed by atoms with Gasteiger partial charge in [-0.1, -0.05) is 13.3 Å². The predicted molar refractivity (Wildman–Crippen MR) is 78.3 cm³/mol. The number of nitrogens with one attached hydrogen (secondary N) is 1. The number of carbonyl (C=O) groups excluding carboxylic acids is 2. The Balaban J connectivity index is 2.25. The number of ether oxygens (including phenoxy) is 1. The van der Waals surface area contributed by atoms with E-state index in [9.17, 15) is 9.59 Å². The first-order valence-electron chi connectivity index (χ1n) is 7.75. The fourth-order valence-corrected chi connectivity index (χ4v) is 2.62. The van der Waals surface area contributed by atoms with Gasteiger partial charge in [-0.2, -0.15) is 0 Å². The van der Waals surface area contributed by atoms with Gasteiger partial charge in [0.2, 0.25) is 5.91 Å². The quantitative estimate of drug-likeness (QED) is 0.721. The zero-order valence-corrected chi connectivity index (χ0v) is 13.0. The molecule has 116 valence electrons. The van der Waals surface area contributed by atoms with Gasteiger partial charge < -0.3 is 10.1 Å². The van der Waals surface area contributed by atoms with Crippen molar-refractivity contribution in [2.24, 2.45) is 5.92 Å². The van der Waals surface area contributed by atoms with Crippen LogP contribution in [0.15, 0.2) is 0 Å². The number of esters is 1. The molecule has 1 saturated heterocycles. The highest BCUT2D eigenvalue weighted by Crippen LogP contribution is 2.18. The molecule has 1 rings (SSSR count). The van der Waals surface area contributed by atoms with Crippen LogP contribution in [0.1, 0.15) is 46.5 Å². The first-order valence-corrected chi connectivity index (χ1v) is 7.75. The van der Waals surface area contributed by atoms with Crippen LogP contribution < -0.4 is 5.32 Å². The molecule has 20 heavy (non-hydrogen) atoms. The van der Waals surface area contributed by atoms with Gasteiger partial charge in [-0.15, -0.1) is 0 Å². The van der Waals surface area contributed by atoms with Crippen LogP contribution in [0.3, 0.4) is 0 Å². The van der Waals surface area contributed by atoms with Gasteiger partial charge in [-0.3, -0.25) is 14.5 Å². The van der Waals surface area contributed by atoms with Crippen LogP contribution in [0.4, 0.5) is 0 Å². The van der Waals surface area contributed by atoms with Gasteiger partial charge in [0.15, 0.2) is 0 Å². The van der Waals surface area contributed by atoms with Crippen LogP contribution in [0.5, 0.6) is 0 Å². The van der Waals surface area contributed by atoms with Gasteiger partial charge in [0.1, 0.15) is 0 Å². The number of amides is 1. The summed E-state index contributed by atoms with van der Waals surface area (Å²) in [5.41, 5.74) is 0. The molecule has 1 aliphatic rings. The summed E-state index contributed by atoms with van der Waals surface area (Å²) in [7, 11) is 0. The van der Waals surface area contributed by atoms with Crippen molar-refractivity contribution in [1.29, 1.82) is 0 Å². The van der Waals surface area contributed by atoms with E-state index in [1.54, 1.807) is 0 Å². The van der Waals surface area contributed by atoms with Gasteiger partial charge >= 0.3 is 5.97 Å². The molecule has 5 heteroatoms. The molecule has 1 amide bonds. The van der Waals surface area contributed by atoms with E-state index in [-0.39, 0.29) is 23.8 Å². The Hall–Kier alpha value is -1.10. The Kier molecular flexibility index (Phi) is 7.59. The minimum Gasteiger partial charge on any atom is -0.466 e. The molecule has 0 aliphatic carbocycles. The lowest BCUT2D eigenvalue weighted by Crippen LogP contribution is -2.44. The highest BCUT2D eigenvalue weighted by Gasteiger charge is 2.26. The van der Waals surface area contributed by atoms with E-state index in [0.717, 1.165) is 38.8 Å². The second-order valence-electron chi connectivity index (χ2n) is 5.56. The normalized spacial score (nSPS) is 18.6. The summed E-state index contributed by atoms with van der Waals surface area (Å²) in [6.07, 6.45) is 3.66. The number of likely N-dealkylation sites (tertiary alicyclic amines) is 1. The Morgan fingerprint density at radius 1 is 1.30 bits per heavy atom. The second-order valence-corrected chi connectivity index (χ2v) is 5.56. The average molecular weight is 284 g/mol. The Labute approximate surface area is 122 Å². The topological polar surface area (TPSA) is 58.6 Å². The SMILES string of the molecule is CCCC(C)NC(=O)CN1CCC(C(=O)OCC)CC1. The first kappa shape index (κ1) is 17.0. The molecular formula is C15H28N2O3. The Bertz CT molecular complexity index is 312. The summed E-state index contributed by atoms with van der Waals surface area (Å²) in [5.74, 6) is 0.00183. The van der Waals surface area contributed by atoms with E-state index in [4.69, 9.17) is 4.74 Å². The molecule has 1 unspecified atom stereocenters. The zero-order valence-electron chi connectivity index (χ0n) is 13.0. The van der Waals surface area contributed by atoms with Gasteiger partial charge in [-0.25, -0.2) is 0 Å². The van der Waals surface area contributed by atoms with Crippen LogP contribution in [0.2, 0.25) is 0 Å². The highest BCUT2D eigenvalue weighted by molar-refractivity contribution is 5.78. The van der Waals surface area contributed by atoms with Crippen molar-refractivity contribution in [3.63, 3.8) is 0 Å². The van der Waals surface area contributed by atoms with Gasteiger partial charge in [0.25, 0.3) is 0 Å². The van der Waals surface area contributed by atoms with E-state index < -0.39 is 0 Å². The third-order valence-electron chi connectivity index (χ3n) is 3.70. The Morgan fingerprint density at radius 3 is 2.50 bits per heavy atom. The molecule has 0 saturated carbocycles. The summed E-state index contributed by atoms with van der Waals surface area (Å²) in [6, 6.07) is 0.240. The molecule has 5 nitrogen and oxygen atoms in total. The number of nitrogens with zero attached hydrogens (tertiary/aromatic N) is 1. The predicted octanol–water partition coefficient (Wildman–Crippen LogP) is 1.57. The van der Waals surface area contributed by atoms with Crippen LogP contribution in [0.25, 0.3) is 0 Å². The molecule has 0 aromatic carbocycles. The molecule has 0 radical (unpaired) electrons. The lowest BCUT2D eigenvalue weighted by molar-refractivity contribution is -0.149. The van der Waals surface area contributed by atoms with Crippen molar-refractivity contribution in [2.45, 2.75) is 52.5 Å². The van der Waals surface area contributed by atoms with Crippen molar-refractivity contribution in [3.8, 4) is 0 Å². The molecule has 1 N–H and O–H groups in total. The smallest absolute Gasteiger partial charge is 0.309 e. The van der Waals surface area contributed by atoms with Crippen LogP contribution in [0, 0.1) is 5.92 Å². The number of hydrogen-bond acceptors (Lipinski definition) is 4. The van der Waals surface area contributed by atoms with Crippen molar-refractivity contribution < 1.29 is 14.3 Å². The molecular weight excluding hydrogens is 256 g/mol. The molecule has 0 bridgehead atoms. The lowest BCUT2D eigenvalue weighted by atomic mass is 9.97. The van der Waals surface area contributed by atoms with Crippen molar-refractivity contribution in [3.05, 3.63) is 0 Å². The van der Waals surface area contributed by atoms with Gasteiger partial charge in [-0.05, 0) is 46.2 Å². The Morgan fingerprint density at radius 2 is 1.95 bits per heavy atom. The zero-order chi connectivity index (χ0) is 15.0. The van der Waals surface area contributed by atoms with Crippen molar-refractivity contribution in [1.82, 2.24) is 10.2 Å². The highest BCUT2D eigenvalue weighted by atomic mass is 16.5. The third kappa shape index (κ3) is 5.90. The second kappa shape index (κ2) is 8.95. The number of piperidine rings is 1. The van der Waals surface area contributed by atoms with Crippen LogP contribution >= 0.6 is 0 Å². The van der Waals surface area contributed by atoms with Gasteiger partial charge in [0.05, 0.1) is 19.1 Å². The van der Waals surface area contributed by atoms with E-state index in [1.165, 1.54) is 0 Å². The van der Waals surface area contributed by atoms with E-state index in [0.29, 0.717) is 13.2 Å². The fraction of sp³-hybridized carbons (Fsp3) is 0.867. The van der Waals surface area contributed by atoms with E-state index in [2.05, 4.69) is 17.1 Å². The molecule has 1 fully saturated rings. The maximum Gasteiger partial charge on any atom is 0.309 e. The number of carbonyl (C=O) groups is 2. The first-order chi connectivity index (χ1) is 9.56. The molecule has 1 atom stereocenters. The minimum atomic E-state index is -0.0897. The third-order valence-corrected chi connectivity index (χ3v) is 3.70. The largest absolute Gasteiger partial charge is 0.466 e. The number of hydrogen-bond donors (Lipinski definition) is 1. The summed E-state index contributed by atoms with van der Waals surface area (Å²) in [5, 5.41) is 3.01. The molecule has 0 spiro atoms. The molecule has 0 aromatic rings. The molecule has 1 heterocycles. The van der Waals surface area contributed by atoms with Crippen LogP contribution in [-0.4, -0.2) is 49.1 Å². The standard InChI is InChI=1S/C15H28N2O3/c1-4-6-12(3)16-14(18)11-17-9-7-13(8-10-17)15(19)20-5-2/h12-13H,4-11H2,1-3H3,(H,16,18). The molecule has 0 aromatic heterocycles. The summed E-state index contributed by atoms with van der Waals surface area (Å²) in [4.78, 5) is 25.6. The number of rotatable bonds is 7. The monoisotopic (exact) mass is 284 g/mol. The average Bonchev–Trinajstić information content (AvgIpc) is 2.39. The van der Waals surface area contributed by atoms with Gasteiger partial charge in [0, 0.05) is 6.04 Å². The van der Waals surface area contributed by atoms with E-state index in [1.807, 2.05) is 13.8 Å². The fourth-order valence-electron chi connectivity index (χ4n) is 2.62. The summed E-state index contributed by atoms with van der Waals surface area (Å²) >= 11 is 0. The lowest BCUT2D eigenvalue weighted by Gasteiger charge is -2.30. The van der Waals surface area contributed by atoms with Crippen LogP contribution in [-0.2, 0) is 14.3 Å². The van der Waals surface area contributed by atoms with Crippen molar-refractivity contribution in [2.75, 3.05) is 26.2 Å². The van der Waals surface area contributed by atoms with E-state index >= 15 is 0 Å².